The van der Waals surface area contributed by atoms with Gasteiger partial charge in [-0.15, -0.1) is 0 Å². The topological polar surface area (TPSA) is 75.2 Å². The van der Waals surface area contributed by atoms with E-state index in [1.165, 1.54) is 6.20 Å². The van der Waals surface area contributed by atoms with Crippen LogP contribution in [0.5, 0.6) is 0 Å². The molecule has 0 aliphatic rings. The molecule has 1 atom stereocenters. The summed E-state index contributed by atoms with van der Waals surface area (Å²) in [6, 6.07) is 10.1. The Morgan fingerprint density at radius 2 is 1.85 bits per heavy atom. The van der Waals surface area contributed by atoms with Crippen molar-refractivity contribution in [1.29, 1.82) is 0 Å². The Balaban J connectivity index is 2.03. The number of rotatable bonds is 9. The van der Waals surface area contributed by atoms with Gasteiger partial charge in [-0.3, -0.25) is 14.6 Å². The first kappa shape index (κ1) is 20.6. The quantitative estimate of drug-likeness (QED) is 0.738. The van der Waals surface area contributed by atoms with E-state index in [0.717, 1.165) is 24.1 Å². The molecule has 1 N–H and O–H groups in total. The van der Waals surface area contributed by atoms with Gasteiger partial charge in [0.25, 0.3) is 5.91 Å². The SMILES string of the molecule is CC[C@H](C)NC(=O)CCN(CCc1ccccc1)C(=O)c1cnc(C)cn1. The third-order valence-electron chi connectivity index (χ3n) is 4.43. The first-order valence-electron chi connectivity index (χ1n) is 9.40. The molecule has 6 nitrogen and oxygen atoms in total. The second kappa shape index (κ2) is 10.4. The number of hydrogen-bond donors (Lipinski definition) is 1. The van der Waals surface area contributed by atoms with Gasteiger partial charge in [0.15, 0.2) is 0 Å². The molecule has 0 unspecified atom stereocenters. The van der Waals surface area contributed by atoms with Crippen molar-refractivity contribution in [2.45, 2.75) is 46.1 Å². The Morgan fingerprint density at radius 1 is 1.11 bits per heavy atom. The molecule has 1 aromatic carbocycles. The summed E-state index contributed by atoms with van der Waals surface area (Å²) in [5.41, 5.74) is 2.21. The van der Waals surface area contributed by atoms with Gasteiger partial charge in [0.2, 0.25) is 5.91 Å². The molecule has 27 heavy (non-hydrogen) atoms. The van der Waals surface area contributed by atoms with Crippen molar-refractivity contribution in [1.82, 2.24) is 20.2 Å². The third-order valence-corrected chi connectivity index (χ3v) is 4.43. The van der Waals surface area contributed by atoms with Crippen LogP contribution >= 0.6 is 0 Å². The molecule has 2 rings (SSSR count). The van der Waals surface area contributed by atoms with E-state index in [-0.39, 0.29) is 24.3 Å². The van der Waals surface area contributed by atoms with Gasteiger partial charge in [-0.05, 0) is 32.3 Å². The summed E-state index contributed by atoms with van der Waals surface area (Å²) in [7, 11) is 0. The van der Waals surface area contributed by atoms with E-state index in [9.17, 15) is 9.59 Å². The van der Waals surface area contributed by atoms with Crippen LogP contribution in [-0.4, -0.2) is 45.8 Å². The number of carbonyl (C=O) groups is 2. The molecule has 0 saturated heterocycles. The second-order valence-electron chi connectivity index (χ2n) is 6.70. The molecule has 0 spiro atoms. The highest BCUT2D eigenvalue weighted by atomic mass is 16.2. The Kier molecular flexibility index (Phi) is 7.92. The maximum atomic E-state index is 12.9. The normalized spacial score (nSPS) is 11.7. The third kappa shape index (κ3) is 6.81. The summed E-state index contributed by atoms with van der Waals surface area (Å²) in [6.07, 6.45) is 4.94. The number of aryl methyl sites for hydroxylation is 1. The van der Waals surface area contributed by atoms with Crippen LogP contribution in [0.25, 0.3) is 0 Å². The molecule has 2 aromatic rings. The lowest BCUT2D eigenvalue weighted by Crippen LogP contribution is -2.38. The lowest BCUT2D eigenvalue weighted by atomic mass is 10.1. The van der Waals surface area contributed by atoms with Crippen LogP contribution < -0.4 is 5.32 Å². The minimum absolute atomic E-state index is 0.0446. The van der Waals surface area contributed by atoms with E-state index in [1.54, 1.807) is 11.1 Å². The molecule has 0 radical (unpaired) electrons. The number of carbonyl (C=O) groups excluding carboxylic acids is 2. The zero-order valence-electron chi connectivity index (χ0n) is 16.3. The fourth-order valence-corrected chi connectivity index (χ4v) is 2.57. The van der Waals surface area contributed by atoms with Crippen LogP contribution in [0.4, 0.5) is 0 Å². The molecule has 0 fully saturated rings. The second-order valence-corrected chi connectivity index (χ2v) is 6.70. The predicted octanol–water partition coefficient (Wildman–Crippen LogP) is 2.77. The van der Waals surface area contributed by atoms with Gasteiger partial charge in [-0.2, -0.15) is 0 Å². The van der Waals surface area contributed by atoms with Crippen LogP contribution in [0, 0.1) is 6.92 Å². The molecule has 2 amide bonds. The molecule has 1 aromatic heterocycles. The van der Waals surface area contributed by atoms with E-state index in [0.29, 0.717) is 18.8 Å². The lowest BCUT2D eigenvalue weighted by Gasteiger charge is -2.22. The van der Waals surface area contributed by atoms with Crippen molar-refractivity contribution in [2.24, 2.45) is 0 Å². The maximum Gasteiger partial charge on any atom is 0.274 e. The minimum atomic E-state index is -0.199. The highest BCUT2D eigenvalue weighted by molar-refractivity contribution is 5.92. The molecule has 144 valence electrons. The highest BCUT2D eigenvalue weighted by Crippen LogP contribution is 2.07. The van der Waals surface area contributed by atoms with Crippen molar-refractivity contribution < 1.29 is 9.59 Å². The van der Waals surface area contributed by atoms with Crippen molar-refractivity contribution >= 4 is 11.8 Å². The summed E-state index contributed by atoms with van der Waals surface area (Å²) >= 11 is 0. The summed E-state index contributed by atoms with van der Waals surface area (Å²) in [5, 5.41) is 2.94. The molecular formula is C21H28N4O2. The van der Waals surface area contributed by atoms with Crippen LogP contribution in [0.3, 0.4) is 0 Å². The van der Waals surface area contributed by atoms with Crippen LogP contribution in [0.15, 0.2) is 42.7 Å². The minimum Gasteiger partial charge on any atom is -0.354 e. The van der Waals surface area contributed by atoms with Gasteiger partial charge in [0.05, 0.1) is 11.9 Å². The van der Waals surface area contributed by atoms with Crippen molar-refractivity contribution in [3.63, 3.8) is 0 Å². The van der Waals surface area contributed by atoms with E-state index < -0.39 is 0 Å². The Bertz CT molecular complexity index is 732. The average molecular weight is 368 g/mol. The highest BCUT2D eigenvalue weighted by Gasteiger charge is 2.19. The monoisotopic (exact) mass is 368 g/mol. The average Bonchev–Trinajstić information content (AvgIpc) is 2.68. The van der Waals surface area contributed by atoms with E-state index in [2.05, 4.69) is 15.3 Å². The van der Waals surface area contributed by atoms with Crippen molar-refractivity contribution in [3.05, 3.63) is 59.7 Å². The number of amides is 2. The maximum absolute atomic E-state index is 12.9. The number of nitrogens with one attached hydrogen (secondary N) is 1. The molecule has 0 aliphatic heterocycles. The van der Waals surface area contributed by atoms with Gasteiger partial charge in [0, 0.05) is 31.7 Å². The lowest BCUT2D eigenvalue weighted by molar-refractivity contribution is -0.121. The van der Waals surface area contributed by atoms with Crippen molar-refractivity contribution in [2.75, 3.05) is 13.1 Å². The van der Waals surface area contributed by atoms with Crippen molar-refractivity contribution in [3.8, 4) is 0 Å². The smallest absolute Gasteiger partial charge is 0.274 e. The van der Waals surface area contributed by atoms with Gasteiger partial charge in [0.1, 0.15) is 5.69 Å². The Morgan fingerprint density at radius 3 is 2.48 bits per heavy atom. The molecular weight excluding hydrogens is 340 g/mol. The van der Waals surface area contributed by atoms with E-state index in [4.69, 9.17) is 0 Å². The largest absolute Gasteiger partial charge is 0.354 e. The molecule has 6 heteroatoms. The van der Waals surface area contributed by atoms with Gasteiger partial charge in [-0.1, -0.05) is 37.3 Å². The Labute approximate surface area is 161 Å². The number of hydrogen-bond acceptors (Lipinski definition) is 4. The molecule has 0 aliphatic carbocycles. The first-order chi connectivity index (χ1) is 13.0. The zero-order chi connectivity index (χ0) is 19.6. The molecule has 0 saturated carbocycles. The fourth-order valence-electron chi connectivity index (χ4n) is 2.57. The summed E-state index contributed by atoms with van der Waals surface area (Å²) < 4.78 is 0. The first-order valence-corrected chi connectivity index (χ1v) is 9.40. The van der Waals surface area contributed by atoms with Gasteiger partial charge >= 0.3 is 0 Å². The zero-order valence-corrected chi connectivity index (χ0v) is 16.3. The summed E-state index contributed by atoms with van der Waals surface area (Å²) in [4.78, 5) is 35.0. The van der Waals surface area contributed by atoms with E-state index in [1.807, 2.05) is 51.1 Å². The predicted molar refractivity (Wildman–Crippen MR) is 105 cm³/mol. The summed E-state index contributed by atoms with van der Waals surface area (Å²) in [5.74, 6) is -0.244. The van der Waals surface area contributed by atoms with Crippen LogP contribution in [-0.2, 0) is 11.2 Å². The number of nitrogens with zero attached hydrogens (tertiary/aromatic N) is 3. The standard InChI is InChI=1S/C21H28N4O2/c1-4-16(2)24-20(26)11-13-25(12-10-18-8-6-5-7-9-18)21(27)19-15-22-17(3)14-23-19/h5-9,14-16H,4,10-13H2,1-3H3,(H,24,26)/t16-/m0/s1. The van der Waals surface area contributed by atoms with Crippen LogP contribution in [0.1, 0.15) is 48.4 Å². The molecule has 1 heterocycles. The number of aromatic nitrogens is 2. The Hall–Kier alpha value is -2.76. The fraction of sp³-hybridized carbons (Fsp3) is 0.429. The number of benzene rings is 1. The van der Waals surface area contributed by atoms with Crippen LogP contribution in [0.2, 0.25) is 0 Å². The van der Waals surface area contributed by atoms with Gasteiger partial charge < -0.3 is 10.2 Å². The molecule has 0 bridgehead atoms. The van der Waals surface area contributed by atoms with E-state index >= 15 is 0 Å². The van der Waals surface area contributed by atoms with Gasteiger partial charge in [-0.25, -0.2) is 4.98 Å². The summed E-state index contributed by atoms with van der Waals surface area (Å²) in [6.45, 7) is 6.70.